The molecule has 16 heavy (non-hydrogen) atoms. The first-order chi connectivity index (χ1) is 7.72. The first kappa shape index (κ1) is 10.1. The molecule has 0 atom stereocenters. The van der Waals surface area contributed by atoms with E-state index in [1.807, 2.05) is 12.1 Å². The first-order valence-electron chi connectivity index (χ1n) is 5.08. The first-order valence-corrected chi connectivity index (χ1v) is 5.97. The molecule has 0 bridgehead atoms. The molecule has 0 fully saturated rings. The average molecular weight is 242 g/mol. The fourth-order valence-electron chi connectivity index (χ4n) is 1.97. The van der Waals surface area contributed by atoms with Gasteiger partial charge in [-0.3, -0.25) is 0 Å². The molecular formula is C14H10S2. The van der Waals surface area contributed by atoms with Crippen LogP contribution in [0.4, 0.5) is 0 Å². The zero-order chi connectivity index (χ0) is 11.1. The predicted octanol–water partition coefficient (Wildman–Crippen LogP) is 4.57. The quantitative estimate of drug-likeness (QED) is 0.419. The van der Waals surface area contributed by atoms with Crippen LogP contribution in [0.1, 0.15) is 0 Å². The molecule has 0 unspecified atom stereocenters. The van der Waals surface area contributed by atoms with E-state index in [1.165, 1.54) is 21.5 Å². The summed E-state index contributed by atoms with van der Waals surface area (Å²) in [7, 11) is 0. The van der Waals surface area contributed by atoms with Crippen LogP contribution in [0.2, 0.25) is 0 Å². The van der Waals surface area contributed by atoms with Gasteiger partial charge in [-0.05, 0) is 57.9 Å². The second kappa shape index (κ2) is 3.72. The van der Waals surface area contributed by atoms with Crippen LogP contribution in [0.15, 0.2) is 58.3 Å². The summed E-state index contributed by atoms with van der Waals surface area (Å²) in [4.78, 5) is 1.99. The van der Waals surface area contributed by atoms with Gasteiger partial charge in [-0.2, -0.15) is 0 Å². The fourth-order valence-corrected chi connectivity index (χ4v) is 2.40. The van der Waals surface area contributed by atoms with Crippen LogP contribution in [-0.2, 0) is 0 Å². The minimum Gasteiger partial charge on any atom is -0.143 e. The van der Waals surface area contributed by atoms with E-state index in [4.69, 9.17) is 0 Å². The molecule has 3 aromatic rings. The summed E-state index contributed by atoms with van der Waals surface area (Å²) in [5, 5.41) is 4.94. The van der Waals surface area contributed by atoms with E-state index in [-0.39, 0.29) is 0 Å². The summed E-state index contributed by atoms with van der Waals surface area (Å²) in [6, 6.07) is 16.8. The summed E-state index contributed by atoms with van der Waals surface area (Å²) < 4.78 is 0. The van der Waals surface area contributed by atoms with Gasteiger partial charge in [0.05, 0.1) is 0 Å². The zero-order valence-corrected chi connectivity index (χ0v) is 10.3. The van der Waals surface area contributed by atoms with Gasteiger partial charge in [-0.15, -0.1) is 25.3 Å². The van der Waals surface area contributed by atoms with Crippen molar-refractivity contribution in [2.75, 3.05) is 0 Å². The van der Waals surface area contributed by atoms with Crippen LogP contribution in [0.25, 0.3) is 21.5 Å². The molecular weight excluding hydrogens is 232 g/mol. The van der Waals surface area contributed by atoms with Gasteiger partial charge in [-0.25, -0.2) is 0 Å². The molecule has 0 heterocycles. The number of rotatable bonds is 0. The highest BCUT2D eigenvalue weighted by Gasteiger charge is 1.99. The molecule has 0 N–H and O–H groups in total. The van der Waals surface area contributed by atoms with Crippen molar-refractivity contribution in [1.29, 1.82) is 0 Å². The van der Waals surface area contributed by atoms with Gasteiger partial charge in [0.15, 0.2) is 0 Å². The zero-order valence-electron chi connectivity index (χ0n) is 8.51. The minimum absolute atomic E-state index is 0.994. The molecule has 0 aliphatic carbocycles. The topological polar surface area (TPSA) is 0 Å². The largest absolute Gasteiger partial charge is 0.143 e. The number of fused-ring (bicyclic) bond motifs is 2. The van der Waals surface area contributed by atoms with Crippen LogP contribution < -0.4 is 0 Å². The minimum atomic E-state index is 0.994. The van der Waals surface area contributed by atoms with E-state index < -0.39 is 0 Å². The van der Waals surface area contributed by atoms with Crippen molar-refractivity contribution in [3.8, 4) is 0 Å². The SMILES string of the molecule is Sc1ccc2cc3ccc(S)cc3cc2c1. The molecule has 2 heteroatoms. The Bertz CT molecular complexity index is 630. The van der Waals surface area contributed by atoms with Crippen LogP contribution in [0.5, 0.6) is 0 Å². The molecule has 0 saturated heterocycles. The Hall–Kier alpha value is -1.12. The second-order valence-electron chi connectivity index (χ2n) is 3.92. The molecule has 0 nitrogen and oxygen atoms in total. The lowest BCUT2D eigenvalue weighted by molar-refractivity contribution is 1.51. The summed E-state index contributed by atoms with van der Waals surface area (Å²) in [6.07, 6.45) is 0. The molecule has 3 aromatic carbocycles. The third-order valence-electron chi connectivity index (χ3n) is 2.76. The maximum atomic E-state index is 4.36. The summed E-state index contributed by atoms with van der Waals surface area (Å²) in [5.41, 5.74) is 0. The third kappa shape index (κ3) is 1.68. The lowest BCUT2D eigenvalue weighted by Gasteiger charge is -2.03. The van der Waals surface area contributed by atoms with Crippen molar-refractivity contribution in [1.82, 2.24) is 0 Å². The highest BCUT2D eigenvalue weighted by atomic mass is 32.1. The summed E-state index contributed by atoms with van der Waals surface area (Å²) >= 11 is 8.72. The highest BCUT2D eigenvalue weighted by Crippen LogP contribution is 2.26. The Morgan fingerprint density at radius 2 is 0.938 bits per heavy atom. The van der Waals surface area contributed by atoms with Crippen molar-refractivity contribution in [2.45, 2.75) is 9.79 Å². The van der Waals surface area contributed by atoms with E-state index in [0.717, 1.165) is 9.79 Å². The smallest absolute Gasteiger partial charge is 0.00463 e. The maximum Gasteiger partial charge on any atom is 0.00463 e. The van der Waals surface area contributed by atoms with E-state index in [2.05, 4.69) is 61.7 Å². The number of benzene rings is 3. The van der Waals surface area contributed by atoms with Crippen LogP contribution in [0, 0.1) is 0 Å². The lowest BCUT2D eigenvalue weighted by atomic mass is 10.0. The molecule has 0 aliphatic rings. The van der Waals surface area contributed by atoms with Crippen LogP contribution in [0.3, 0.4) is 0 Å². The number of hydrogen-bond acceptors (Lipinski definition) is 2. The average Bonchev–Trinajstić information content (AvgIpc) is 2.26. The van der Waals surface area contributed by atoms with Crippen LogP contribution in [-0.4, -0.2) is 0 Å². The molecule has 3 rings (SSSR count). The van der Waals surface area contributed by atoms with Crippen molar-refractivity contribution < 1.29 is 0 Å². The van der Waals surface area contributed by atoms with Crippen LogP contribution >= 0.6 is 25.3 Å². The van der Waals surface area contributed by atoms with Gasteiger partial charge in [-0.1, -0.05) is 12.1 Å². The maximum absolute atomic E-state index is 4.36. The third-order valence-corrected chi connectivity index (χ3v) is 3.32. The van der Waals surface area contributed by atoms with E-state index >= 15 is 0 Å². The Labute approximate surface area is 105 Å². The van der Waals surface area contributed by atoms with Crippen molar-refractivity contribution in [3.05, 3.63) is 48.5 Å². The van der Waals surface area contributed by atoms with Crippen molar-refractivity contribution >= 4 is 46.8 Å². The molecule has 0 amide bonds. The normalized spacial score (nSPS) is 11.1. The summed E-state index contributed by atoms with van der Waals surface area (Å²) in [6.45, 7) is 0. The molecule has 0 spiro atoms. The monoisotopic (exact) mass is 242 g/mol. The Balaban J connectivity index is 2.44. The van der Waals surface area contributed by atoms with E-state index in [9.17, 15) is 0 Å². The standard InChI is InChI=1S/C14H10S2/c15-13-3-1-9-5-10-2-4-14(16)8-12(10)6-11(9)7-13/h1-8,15-16H. The van der Waals surface area contributed by atoms with Crippen molar-refractivity contribution in [2.24, 2.45) is 0 Å². The fraction of sp³-hybridized carbons (Fsp3) is 0. The number of hydrogen-bond donors (Lipinski definition) is 2. The van der Waals surface area contributed by atoms with E-state index in [1.54, 1.807) is 0 Å². The molecule has 0 aliphatic heterocycles. The molecule has 0 aromatic heterocycles. The molecule has 0 radical (unpaired) electrons. The van der Waals surface area contributed by atoms with Gasteiger partial charge in [0, 0.05) is 9.79 Å². The number of thiol groups is 2. The Kier molecular flexibility index (Phi) is 2.34. The van der Waals surface area contributed by atoms with E-state index in [0.29, 0.717) is 0 Å². The highest BCUT2D eigenvalue weighted by molar-refractivity contribution is 7.80. The molecule has 0 saturated carbocycles. The summed E-state index contributed by atoms with van der Waals surface area (Å²) in [5.74, 6) is 0. The van der Waals surface area contributed by atoms with Crippen molar-refractivity contribution in [3.63, 3.8) is 0 Å². The van der Waals surface area contributed by atoms with Gasteiger partial charge < -0.3 is 0 Å². The molecule has 78 valence electrons. The van der Waals surface area contributed by atoms with Gasteiger partial charge in [0.1, 0.15) is 0 Å². The lowest BCUT2D eigenvalue weighted by Crippen LogP contribution is -1.77. The van der Waals surface area contributed by atoms with Gasteiger partial charge >= 0.3 is 0 Å². The predicted molar refractivity (Wildman–Crippen MR) is 76.0 cm³/mol. The Morgan fingerprint density at radius 1 is 0.500 bits per heavy atom. The second-order valence-corrected chi connectivity index (χ2v) is 4.95. The Morgan fingerprint density at radius 3 is 1.44 bits per heavy atom. The van der Waals surface area contributed by atoms with Gasteiger partial charge in [0.2, 0.25) is 0 Å². The van der Waals surface area contributed by atoms with Gasteiger partial charge in [0.25, 0.3) is 0 Å².